The third kappa shape index (κ3) is 6.56. The van der Waals surface area contributed by atoms with Crippen LogP contribution in [0.1, 0.15) is 17.2 Å². The molecule has 1 aliphatic rings. The standard InChI is InChI=1S/C26H27Cl2FN2O4S/c1-34-22-7-3-5-20(15-22)26(35-18-19-4-2-6-21(27)14-19)17-30-10-12-31(13-11-30)36(32,33)23-8-9-25(29)24(28)16-23/h2-9,14-16,26H,10-13,17-18H2,1H3/t26-/m0/s1. The van der Waals surface area contributed by atoms with Crippen LogP contribution in [0.5, 0.6) is 5.75 Å². The molecule has 0 unspecified atom stereocenters. The Kier molecular flexibility index (Phi) is 8.87. The topological polar surface area (TPSA) is 59.1 Å². The average molecular weight is 553 g/mol. The molecule has 4 rings (SSSR count). The zero-order chi connectivity index (χ0) is 25.7. The van der Waals surface area contributed by atoms with Crippen molar-refractivity contribution in [1.29, 1.82) is 0 Å². The second-order valence-electron chi connectivity index (χ2n) is 8.49. The zero-order valence-corrected chi connectivity index (χ0v) is 22.1. The quantitative estimate of drug-likeness (QED) is 0.355. The lowest BCUT2D eigenvalue weighted by Crippen LogP contribution is -2.49. The minimum Gasteiger partial charge on any atom is -0.497 e. The van der Waals surface area contributed by atoms with E-state index in [2.05, 4.69) is 4.90 Å². The molecule has 0 N–H and O–H groups in total. The van der Waals surface area contributed by atoms with Crippen LogP contribution in [-0.2, 0) is 21.4 Å². The highest BCUT2D eigenvalue weighted by molar-refractivity contribution is 7.89. The zero-order valence-electron chi connectivity index (χ0n) is 19.7. The van der Waals surface area contributed by atoms with Crippen LogP contribution in [0.3, 0.4) is 0 Å². The molecule has 0 amide bonds. The van der Waals surface area contributed by atoms with E-state index in [0.717, 1.165) is 29.0 Å². The lowest BCUT2D eigenvalue weighted by Gasteiger charge is -2.36. The molecule has 0 bridgehead atoms. The molecule has 1 heterocycles. The van der Waals surface area contributed by atoms with Crippen molar-refractivity contribution < 1.29 is 22.3 Å². The highest BCUT2D eigenvalue weighted by Crippen LogP contribution is 2.27. The third-order valence-electron chi connectivity index (χ3n) is 6.09. The first-order chi connectivity index (χ1) is 17.3. The molecule has 0 spiro atoms. The number of methoxy groups -OCH3 is 1. The van der Waals surface area contributed by atoms with Gasteiger partial charge in [0.25, 0.3) is 0 Å². The van der Waals surface area contributed by atoms with E-state index < -0.39 is 15.8 Å². The second-order valence-corrected chi connectivity index (χ2v) is 11.3. The summed E-state index contributed by atoms with van der Waals surface area (Å²) >= 11 is 11.9. The molecule has 1 aliphatic heterocycles. The van der Waals surface area contributed by atoms with Gasteiger partial charge in [0.1, 0.15) is 11.6 Å². The minimum absolute atomic E-state index is 0.0125. The van der Waals surface area contributed by atoms with E-state index in [9.17, 15) is 12.8 Å². The summed E-state index contributed by atoms with van der Waals surface area (Å²) in [6.07, 6.45) is -0.266. The molecule has 0 radical (unpaired) electrons. The second kappa shape index (κ2) is 11.9. The van der Waals surface area contributed by atoms with Crippen LogP contribution >= 0.6 is 23.2 Å². The van der Waals surface area contributed by atoms with Crippen molar-refractivity contribution in [2.24, 2.45) is 0 Å². The maximum atomic E-state index is 13.5. The smallest absolute Gasteiger partial charge is 0.243 e. The summed E-state index contributed by atoms with van der Waals surface area (Å²) in [6, 6.07) is 18.7. The van der Waals surface area contributed by atoms with E-state index >= 15 is 0 Å². The van der Waals surface area contributed by atoms with Gasteiger partial charge in [-0.1, -0.05) is 47.5 Å². The predicted octanol–water partition coefficient (Wildman–Crippen LogP) is 5.41. The highest BCUT2D eigenvalue weighted by Gasteiger charge is 2.30. The summed E-state index contributed by atoms with van der Waals surface area (Å²) in [6.45, 7) is 2.60. The summed E-state index contributed by atoms with van der Waals surface area (Å²) in [4.78, 5) is 2.16. The van der Waals surface area contributed by atoms with Crippen molar-refractivity contribution in [2.75, 3.05) is 39.8 Å². The van der Waals surface area contributed by atoms with Crippen LogP contribution in [0.4, 0.5) is 4.39 Å². The van der Waals surface area contributed by atoms with Gasteiger partial charge >= 0.3 is 0 Å². The van der Waals surface area contributed by atoms with Gasteiger partial charge in [0.05, 0.1) is 29.7 Å². The van der Waals surface area contributed by atoms with Gasteiger partial charge in [-0.15, -0.1) is 0 Å². The fourth-order valence-electron chi connectivity index (χ4n) is 4.09. The molecule has 3 aromatic carbocycles. The van der Waals surface area contributed by atoms with Crippen LogP contribution in [0.25, 0.3) is 0 Å². The van der Waals surface area contributed by atoms with E-state index in [-0.39, 0.29) is 16.0 Å². The van der Waals surface area contributed by atoms with E-state index in [0.29, 0.717) is 44.4 Å². The van der Waals surface area contributed by atoms with Gasteiger partial charge in [0.15, 0.2) is 0 Å². The van der Waals surface area contributed by atoms with Crippen molar-refractivity contribution in [2.45, 2.75) is 17.6 Å². The summed E-state index contributed by atoms with van der Waals surface area (Å²) in [5.41, 5.74) is 1.93. The van der Waals surface area contributed by atoms with Crippen LogP contribution < -0.4 is 4.74 Å². The molecule has 1 fully saturated rings. The van der Waals surface area contributed by atoms with Crippen LogP contribution in [0.15, 0.2) is 71.6 Å². The number of rotatable bonds is 9. The van der Waals surface area contributed by atoms with E-state index in [1.54, 1.807) is 7.11 Å². The number of sulfonamides is 1. The van der Waals surface area contributed by atoms with E-state index in [1.807, 2.05) is 48.5 Å². The van der Waals surface area contributed by atoms with Gasteiger partial charge in [-0.25, -0.2) is 12.8 Å². The van der Waals surface area contributed by atoms with Gasteiger partial charge < -0.3 is 9.47 Å². The number of nitrogens with zero attached hydrogens (tertiary/aromatic N) is 2. The maximum Gasteiger partial charge on any atom is 0.243 e. The third-order valence-corrected chi connectivity index (χ3v) is 8.51. The lowest BCUT2D eigenvalue weighted by molar-refractivity contribution is 0.00763. The molecular weight excluding hydrogens is 526 g/mol. The van der Waals surface area contributed by atoms with Crippen molar-refractivity contribution in [1.82, 2.24) is 9.21 Å². The first-order valence-corrected chi connectivity index (χ1v) is 13.6. The number of ether oxygens (including phenoxy) is 2. The average Bonchev–Trinajstić information content (AvgIpc) is 2.88. The highest BCUT2D eigenvalue weighted by atomic mass is 35.5. The number of hydrogen-bond acceptors (Lipinski definition) is 5. The van der Waals surface area contributed by atoms with Crippen LogP contribution in [0.2, 0.25) is 10.0 Å². The summed E-state index contributed by atoms with van der Waals surface area (Å²) in [7, 11) is -2.15. The Bertz CT molecular complexity index is 1300. The van der Waals surface area contributed by atoms with Crippen molar-refractivity contribution in [3.8, 4) is 5.75 Å². The van der Waals surface area contributed by atoms with Crippen LogP contribution in [-0.4, -0.2) is 57.5 Å². The van der Waals surface area contributed by atoms with Gasteiger partial charge in [-0.05, 0) is 53.6 Å². The molecule has 1 atom stereocenters. The number of benzene rings is 3. The fraction of sp³-hybridized carbons (Fsp3) is 0.308. The summed E-state index contributed by atoms with van der Waals surface area (Å²) < 4.78 is 52.7. The Balaban J connectivity index is 1.44. The molecular formula is C26H27Cl2FN2O4S. The van der Waals surface area contributed by atoms with Crippen molar-refractivity contribution in [3.05, 3.63) is 93.7 Å². The summed E-state index contributed by atoms with van der Waals surface area (Å²) in [5, 5.41) is 0.432. The molecule has 0 saturated carbocycles. The van der Waals surface area contributed by atoms with Gasteiger partial charge in [-0.2, -0.15) is 4.31 Å². The normalized spacial score (nSPS) is 16.1. The van der Waals surface area contributed by atoms with Crippen molar-refractivity contribution >= 4 is 33.2 Å². The number of hydrogen-bond donors (Lipinski definition) is 0. The molecule has 0 aliphatic carbocycles. The van der Waals surface area contributed by atoms with E-state index in [1.165, 1.54) is 10.4 Å². The number of halogens is 3. The summed E-state index contributed by atoms with van der Waals surface area (Å²) in [5.74, 6) is 0.0829. The number of piperazine rings is 1. The van der Waals surface area contributed by atoms with Gasteiger partial charge in [-0.3, -0.25) is 4.90 Å². The molecule has 36 heavy (non-hydrogen) atoms. The molecule has 1 saturated heterocycles. The Morgan fingerprint density at radius 3 is 2.42 bits per heavy atom. The molecule has 192 valence electrons. The monoisotopic (exact) mass is 552 g/mol. The first-order valence-electron chi connectivity index (χ1n) is 11.4. The van der Waals surface area contributed by atoms with Gasteiger partial charge in [0, 0.05) is 37.7 Å². The van der Waals surface area contributed by atoms with Gasteiger partial charge in [0.2, 0.25) is 10.0 Å². The van der Waals surface area contributed by atoms with Crippen molar-refractivity contribution in [3.63, 3.8) is 0 Å². The molecule has 0 aromatic heterocycles. The maximum absolute atomic E-state index is 13.5. The predicted molar refractivity (Wildman–Crippen MR) is 139 cm³/mol. The lowest BCUT2D eigenvalue weighted by atomic mass is 10.1. The fourth-order valence-corrected chi connectivity index (χ4v) is 6.00. The SMILES string of the molecule is COc1cccc([C@H](CN2CCN(S(=O)(=O)c3ccc(F)c(Cl)c3)CC2)OCc2cccc(Cl)c2)c1. The minimum atomic E-state index is -3.77. The van der Waals surface area contributed by atoms with E-state index in [4.69, 9.17) is 32.7 Å². The Morgan fingerprint density at radius 2 is 1.72 bits per heavy atom. The largest absolute Gasteiger partial charge is 0.497 e. The Morgan fingerprint density at radius 1 is 0.972 bits per heavy atom. The molecule has 10 heteroatoms. The molecule has 6 nitrogen and oxygen atoms in total. The first kappa shape index (κ1) is 26.9. The molecule has 3 aromatic rings. The van der Waals surface area contributed by atoms with Crippen LogP contribution in [0, 0.1) is 5.82 Å². The Labute approximate surface area is 221 Å². The Hall–Kier alpha value is -2.20.